The Kier molecular flexibility index (Phi) is 8.28. The largest absolute Gasteiger partial charge is 0.491 e. The van der Waals surface area contributed by atoms with Crippen molar-refractivity contribution in [2.45, 2.75) is 45.6 Å². The molecule has 5 heteroatoms. The quantitative estimate of drug-likeness (QED) is 0.804. The molecule has 2 N–H and O–H groups in total. The first-order valence-electron chi connectivity index (χ1n) is 7.94. The molecule has 4 nitrogen and oxygen atoms in total. The number of hydrogen-bond acceptors (Lipinski definition) is 3. The molecule has 1 heterocycles. The Morgan fingerprint density at radius 2 is 2.14 bits per heavy atom. The van der Waals surface area contributed by atoms with Crippen molar-refractivity contribution in [1.29, 1.82) is 0 Å². The number of nitrogens with one attached hydrogen (secondary N) is 2. The van der Waals surface area contributed by atoms with Crippen LogP contribution in [0.5, 0.6) is 5.75 Å². The Balaban J connectivity index is 0.00000242. The predicted molar refractivity (Wildman–Crippen MR) is 92.9 cm³/mol. The van der Waals surface area contributed by atoms with Gasteiger partial charge in [-0.3, -0.25) is 4.79 Å². The maximum Gasteiger partial charge on any atom is 0.224 e. The first kappa shape index (κ1) is 18.8. The van der Waals surface area contributed by atoms with Gasteiger partial charge in [0.05, 0.1) is 6.10 Å². The van der Waals surface area contributed by atoms with Crippen LogP contribution in [0.4, 0.5) is 5.69 Å². The fraction of sp³-hybridized carbons (Fsp3) is 0.588. The van der Waals surface area contributed by atoms with E-state index in [4.69, 9.17) is 4.74 Å². The smallest absolute Gasteiger partial charge is 0.224 e. The molecule has 124 valence electrons. The molecule has 1 aliphatic rings. The minimum Gasteiger partial charge on any atom is -0.491 e. The van der Waals surface area contributed by atoms with Crippen LogP contribution in [0.2, 0.25) is 0 Å². The zero-order valence-electron chi connectivity index (χ0n) is 13.4. The van der Waals surface area contributed by atoms with Crippen molar-refractivity contribution < 1.29 is 9.53 Å². The summed E-state index contributed by atoms with van der Waals surface area (Å²) < 4.78 is 5.72. The number of halogens is 1. The van der Waals surface area contributed by atoms with Crippen molar-refractivity contribution in [2.75, 3.05) is 18.4 Å². The second kappa shape index (κ2) is 9.70. The fourth-order valence-electron chi connectivity index (χ4n) is 2.45. The number of hydrogen-bond donors (Lipinski definition) is 2. The Labute approximate surface area is 139 Å². The van der Waals surface area contributed by atoms with Gasteiger partial charge in [0.2, 0.25) is 5.91 Å². The Morgan fingerprint density at radius 3 is 2.73 bits per heavy atom. The Bertz CT molecular complexity index is 444. The highest BCUT2D eigenvalue weighted by Crippen LogP contribution is 2.19. The number of ether oxygens (including phenoxy) is 1. The highest BCUT2D eigenvalue weighted by Gasteiger charge is 2.15. The third-order valence-corrected chi connectivity index (χ3v) is 3.99. The molecule has 0 bridgehead atoms. The summed E-state index contributed by atoms with van der Waals surface area (Å²) in [4.78, 5) is 11.9. The molecule has 0 spiro atoms. The fourth-order valence-corrected chi connectivity index (χ4v) is 2.45. The van der Waals surface area contributed by atoms with Crippen molar-refractivity contribution >= 4 is 24.0 Å². The molecule has 0 aliphatic carbocycles. The van der Waals surface area contributed by atoms with Crippen molar-refractivity contribution in [1.82, 2.24) is 5.32 Å². The summed E-state index contributed by atoms with van der Waals surface area (Å²) >= 11 is 0. The SMILES string of the molecule is CCC(C)Oc1ccc(NC(=O)CCC2CCNC2)cc1.Cl. The molecule has 0 radical (unpaired) electrons. The van der Waals surface area contributed by atoms with E-state index in [0.29, 0.717) is 12.3 Å². The molecule has 1 aromatic carbocycles. The van der Waals surface area contributed by atoms with E-state index in [-0.39, 0.29) is 24.4 Å². The average molecular weight is 327 g/mol. The number of amides is 1. The summed E-state index contributed by atoms with van der Waals surface area (Å²) in [5, 5.41) is 6.27. The van der Waals surface area contributed by atoms with Crippen LogP contribution in [0, 0.1) is 5.92 Å². The van der Waals surface area contributed by atoms with Gasteiger partial charge in [0.15, 0.2) is 0 Å². The normalized spacial score (nSPS) is 18.4. The summed E-state index contributed by atoms with van der Waals surface area (Å²) in [5.74, 6) is 1.60. The molecule has 1 fully saturated rings. The molecule has 2 atom stereocenters. The van der Waals surface area contributed by atoms with E-state index < -0.39 is 0 Å². The topological polar surface area (TPSA) is 50.4 Å². The van der Waals surface area contributed by atoms with Crippen LogP contribution >= 0.6 is 12.4 Å². The monoisotopic (exact) mass is 326 g/mol. The van der Waals surface area contributed by atoms with E-state index in [2.05, 4.69) is 17.6 Å². The highest BCUT2D eigenvalue weighted by molar-refractivity contribution is 5.90. The number of carbonyl (C=O) groups is 1. The summed E-state index contributed by atoms with van der Waals surface area (Å²) in [6.07, 6.45) is 3.94. The molecule has 0 aromatic heterocycles. The van der Waals surface area contributed by atoms with Crippen LogP contribution in [0.3, 0.4) is 0 Å². The molecule has 1 saturated heterocycles. The van der Waals surface area contributed by atoms with Gasteiger partial charge in [-0.2, -0.15) is 0 Å². The van der Waals surface area contributed by atoms with Gasteiger partial charge in [-0.25, -0.2) is 0 Å². The second-order valence-electron chi connectivity index (χ2n) is 5.81. The minimum absolute atomic E-state index is 0. The lowest BCUT2D eigenvalue weighted by molar-refractivity contribution is -0.116. The molecular formula is C17H27ClN2O2. The lowest BCUT2D eigenvalue weighted by Crippen LogP contribution is -2.15. The van der Waals surface area contributed by atoms with E-state index in [1.165, 1.54) is 6.42 Å². The summed E-state index contributed by atoms with van der Waals surface area (Å²) in [6.45, 7) is 6.28. The summed E-state index contributed by atoms with van der Waals surface area (Å²) in [5.41, 5.74) is 0.834. The third-order valence-electron chi connectivity index (χ3n) is 3.99. The molecular weight excluding hydrogens is 300 g/mol. The maximum absolute atomic E-state index is 11.9. The van der Waals surface area contributed by atoms with E-state index >= 15 is 0 Å². The van der Waals surface area contributed by atoms with Crippen LogP contribution < -0.4 is 15.4 Å². The van der Waals surface area contributed by atoms with E-state index in [0.717, 1.165) is 37.4 Å². The molecule has 2 rings (SSSR count). The van der Waals surface area contributed by atoms with E-state index in [1.54, 1.807) is 0 Å². The molecule has 2 unspecified atom stereocenters. The zero-order chi connectivity index (χ0) is 15.1. The van der Waals surface area contributed by atoms with Crippen LogP contribution in [0.25, 0.3) is 0 Å². The molecule has 1 aromatic rings. The molecule has 22 heavy (non-hydrogen) atoms. The molecule has 0 saturated carbocycles. The summed E-state index contributed by atoms with van der Waals surface area (Å²) in [6, 6.07) is 7.60. The zero-order valence-corrected chi connectivity index (χ0v) is 14.2. The van der Waals surface area contributed by atoms with Gasteiger partial charge in [-0.15, -0.1) is 12.4 Å². The average Bonchev–Trinajstić information content (AvgIpc) is 3.00. The first-order chi connectivity index (χ1) is 10.2. The van der Waals surface area contributed by atoms with E-state index in [9.17, 15) is 4.79 Å². The van der Waals surface area contributed by atoms with Crippen LogP contribution in [0.15, 0.2) is 24.3 Å². The van der Waals surface area contributed by atoms with Gasteiger partial charge in [-0.05, 0) is 69.5 Å². The maximum atomic E-state index is 11.9. The van der Waals surface area contributed by atoms with Gasteiger partial charge in [0.1, 0.15) is 5.75 Å². The first-order valence-corrected chi connectivity index (χ1v) is 7.94. The van der Waals surface area contributed by atoms with Gasteiger partial charge in [-0.1, -0.05) is 6.92 Å². The van der Waals surface area contributed by atoms with Crippen molar-refractivity contribution in [3.63, 3.8) is 0 Å². The Morgan fingerprint density at radius 1 is 1.41 bits per heavy atom. The standard InChI is InChI=1S/C17H26N2O2.ClH/c1-3-13(2)21-16-7-5-15(6-8-16)19-17(20)9-4-14-10-11-18-12-14;/h5-8,13-14,18H,3-4,9-12H2,1-2H3,(H,19,20);1H. The lowest BCUT2D eigenvalue weighted by Gasteiger charge is -2.13. The van der Waals surface area contributed by atoms with Crippen LogP contribution in [-0.2, 0) is 4.79 Å². The summed E-state index contributed by atoms with van der Waals surface area (Å²) in [7, 11) is 0. The van der Waals surface area contributed by atoms with Crippen molar-refractivity contribution in [2.24, 2.45) is 5.92 Å². The van der Waals surface area contributed by atoms with Gasteiger partial charge < -0.3 is 15.4 Å². The van der Waals surface area contributed by atoms with E-state index in [1.807, 2.05) is 31.2 Å². The van der Waals surface area contributed by atoms with Gasteiger partial charge in [0, 0.05) is 12.1 Å². The van der Waals surface area contributed by atoms with Crippen molar-refractivity contribution in [3.8, 4) is 5.75 Å². The second-order valence-corrected chi connectivity index (χ2v) is 5.81. The highest BCUT2D eigenvalue weighted by atomic mass is 35.5. The number of carbonyl (C=O) groups excluding carboxylic acids is 1. The number of anilines is 1. The third kappa shape index (κ3) is 6.24. The predicted octanol–water partition coefficient (Wildman–Crippen LogP) is 3.61. The minimum atomic E-state index is 0. The number of benzene rings is 1. The number of rotatable bonds is 7. The Hall–Kier alpha value is -1.26. The molecule has 1 amide bonds. The van der Waals surface area contributed by atoms with Crippen LogP contribution in [0.1, 0.15) is 39.5 Å². The van der Waals surface area contributed by atoms with Gasteiger partial charge in [0.25, 0.3) is 0 Å². The lowest BCUT2D eigenvalue weighted by atomic mass is 10.0. The van der Waals surface area contributed by atoms with Crippen LogP contribution in [-0.4, -0.2) is 25.1 Å². The van der Waals surface area contributed by atoms with Crippen molar-refractivity contribution in [3.05, 3.63) is 24.3 Å². The van der Waals surface area contributed by atoms with Gasteiger partial charge >= 0.3 is 0 Å². The molecule has 1 aliphatic heterocycles.